The number of benzene rings is 6. The van der Waals surface area contributed by atoms with Gasteiger partial charge in [0.25, 0.3) is 0 Å². The van der Waals surface area contributed by atoms with Crippen LogP contribution in [0.2, 0.25) is 10.0 Å². The minimum absolute atomic E-state index is 0.0140. The summed E-state index contributed by atoms with van der Waals surface area (Å²) in [5.41, 5.74) is 9.21. The third-order valence-electron chi connectivity index (χ3n) is 7.12. The molecule has 15 heteroatoms. The number of nitrogen functional groups attached to an aromatic ring is 1. The highest BCUT2D eigenvalue weighted by Crippen LogP contribution is 2.25. The van der Waals surface area contributed by atoms with E-state index >= 15 is 0 Å². The van der Waals surface area contributed by atoms with Crippen molar-refractivity contribution in [2.45, 2.75) is 9.79 Å². The molecule has 6 aromatic carbocycles. The van der Waals surface area contributed by atoms with Gasteiger partial charge in [-0.1, -0.05) is 75.5 Å². The Kier molecular flexibility index (Phi) is 14.1. The Morgan fingerprint density at radius 2 is 0.868 bits per heavy atom. The Morgan fingerprint density at radius 1 is 0.509 bits per heavy atom. The Hall–Kier alpha value is -4.86. The maximum absolute atomic E-state index is 12.6. The molecule has 0 heterocycles. The number of carbonyl (C=O) groups excluding carboxylic acids is 2. The van der Waals surface area contributed by atoms with Crippen LogP contribution < -0.4 is 21.3 Å². The lowest BCUT2D eigenvalue weighted by atomic mass is 10.0. The van der Waals surface area contributed by atoms with E-state index in [1.54, 1.807) is 48.5 Å². The van der Waals surface area contributed by atoms with Crippen molar-refractivity contribution in [3.05, 3.63) is 182 Å². The lowest BCUT2D eigenvalue weighted by Crippen LogP contribution is -2.14. The molecule has 0 fully saturated rings. The molecule has 0 radical (unpaired) electrons. The van der Waals surface area contributed by atoms with Crippen LogP contribution in [0.25, 0.3) is 0 Å². The van der Waals surface area contributed by atoms with E-state index < -0.39 is 20.0 Å². The number of sulfonamides is 2. The van der Waals surface area contributed by atoms with E-state index in [9.17, 15) is 26.4 Å². The SMILES string of the molecule is NS(=O)(=O)c1cc(C(=O)c2ccc(Br)cc2)ccc1Cl.NS(=O)(=O)c1cc(C(=O)c2ccc(Nc3ccccc3)cc2)ccc1Cl.Nc1ccccc1. The molecule has 0 aliphatic carbocycles. The molecule has 7 N–H and O–H groups in total. The summed E-state index contributed by atoms with van der Waals surface area (Å²) in [6.45, 7) is 0. The number of hydrogen-bond acceptors (Lipinski definition) is 8. The first-order valence-corrected chi connectivity index (χ1v) is 19.9. The molecule has 0 saturated heterocycles. The fourth-order valence-corrected chi connectivity index (χ4v) is 6.91. The normalized spacial score (nSPS) is 10.9. The molecule has 53 heavy (non-hydrogen) atoms. The summed E-state index contributed by atoms with van der Waals surface area (Å²) in [5.74, 6) is -0.628. The second-order valence-corrected chi connectivity index (χ2v) is 15.8. The monoisotopic (exact) mass is 852 g/mol. The zero-order chi connectivity index (χ0) is 38.8. The van der Waals surface area contributed by atoms with Crippen LogP contribution in [-0.2, 0) is 20.0 Å². The minimum Gasteiger partial charge on any atom is -0.399 e. The number of rotatable bonds is 8. The second kappa shape index (κ2) is 18.3. The molecule has 0 amide bonds. The van der Waals surface area contributed by atoms with Gasteiger partial charge < -0.3 is 11.1 Å². The highest BCUT2D eigenvalue weighted by molar-refractivity contribution is 9.10. The van der Waals surface area contributed by atoms with Gasteiger partial charge in [0.1, 0.15) is 9.79 Å². The molecule has 0 aliphatic rings. The molecular formula is C38H31BrCl2N4O6S2. The van der Waals surface area contributed by atoms with Crippen LogP contribution in [0.15, 0.2) is 160 Å². The first-order chi connectivity index (χ1) is 25.0. The molecule has 272 valence electrons. The Balaban J connectivity index is 0.000000204. The zero-order valence-corrected chi connectivity index (χ0v) is 32.2. The second-order valence-electron chi connectivity index (χ2n) is 11.0. The summed E-state index contributed by atoms with van der Waals surface area (Å²) in [5, 5.41) is 13.4. The first-order valence-electron chi connectivity index (χ1n) is 15.3. The Labute approximate surface area is 325 Å². The maximum atomic E-state index is 12.6. The number of nitrogens with two attached hydrogens (primary N) is 3. The van der Waals surface area contributed by atoms with E-state index in [2.05, 4.69) is 21.2 Å². The van der Waals surface area contributed by atoms with Gasteiger partial charge in [0.15, 0.2) is 11.6 Å². The smallest absolute Gasteiger partial charge is 0.239 e. The van der Waals surface area contributed by atoms with Gasteiger partial charge in [-0.3, -0.25) is 9.59 Å². The van der Waals surface area contributed by atoms with Crippen LogP contribution in [0.1, 0.15) is 31.8 Å². The summed E-state index contributed by atoms with van der Waals surface area (Å²) in [7, 11) is -7.98. The van der Waals surface area contributed by atoms with Crippen molar-refractivity contribution in [2.24, 2.45) is 10.3 Å². The summed E-state index contributed by atoms with van der Waals surface area (Å²) >= 11 is 14.9. The average Bonchev–Trinajstić information content (AvgIpc) is 3.12. The quantitative estimate of drug-likeness (QED) is 0.0869. The zero-order valence-electron chi connectivity index (χ0n) is 27.5. The highest BCUT2D eigenvalue weighted by Gasteiger charge is 2.18. The number of para-hydroxylation sites is 2. The molecule has 0 saturated carbocycles. The lowest BCUT2D eigenvalue weighted by molar-refractivity contribution is 0.103. The fourth-order valence-electron chi connectivity index (χ4n) is 4.51. The van der Waals surface area contributed by atoms with Crippen LogP contribution in [0, 0.1) is 0 Å². The highest BCUT2D eigenvalue weighted by atomic mass is 79.9. The van der Waals surface area contributed by atoms with Crippen LogP contribution >= 0.6 is 39.1 Å². The van der Waals surface area contributed by atoms with Crippen LogP contribution in [-0.4, -0.2) is 28.4 Å². The third kappa shape index (κ3) is 12.1. The van der Waals surface area contributed by atoms with E-state index in [0.29, 0.717) is 11.1 Å². The van der Waals surface area contributed by atoms with Gasteiger partial charge >= 0.3 is 0 Å². The summed E-state index contributed by atoms with van der Waals surface area (Å²) in [6, 6.07) is 40.7. The van der Waals surface area contributed by atoms with E-state index in [4.69, 9.17) is 39.2 Å². The molecule has 0 atom stereocenters. The van der Waals surface area contributed by atoms with E-state index in [1.165, 1.54) is 36.4 Å². The molecule has 6 rings (SSSR count). The van der Waals surface area contributed by atoms with Crippen LogP contribution in [0.3, 0.4) is 0 Å². The van der Waals surface area contributed by atoms with Gasteiger partial charge in [-0.2, -0.15) is 0 Å². The van der Waals surface area contributed by atoms with Crippen molar-refractivity contribution in [3.8, 4) is 0 Å². The molecule has 0 spiro atoms. The largest absolute Gasteiger partial charge is 0.399 e. The standard InChI is InChI=1S/C19H15ClN2O3S.C13H9BrClNO3S.C6H7N/c20-17-11-8-14(12-18(17)26(21,24)25)19(23)13-6-9-16(10-7-13)22-15-4-2-1-3-5-15;14-10-4-1-8(2-5-10)13(17)9-3-6-11(15)12(7-9)20(16,18)19;7-6-4-2-1-3-5-6/h1-12,22H,(H2,21,24,25);1-7H,(H2,16,18,19);1-5H,7H2. The topological polar surface area (TPSA) is 193 Å². The lowest BCUT2D eigenvalue weighted by Gasteiger charge is -2.08. The molecule has 0 unspecified atom stereocenters. The molecular weight excluding hydrogens is 823 g/mol. The van der Waals surface area contributed by atoms with Crippen molar-refractivity contribution < 1.29 is 26.4 Å². The number of carbonyl (C=O) groups is 2. The van der Waals surface area contributed by atoms with E-state index in [-0.39, 0.29) is 42.5 Å². The minimum atomic E-state index is -4.01. The van der Waals surface area contributed by atoms with Crippen LogP contribution in [0.4, 0.5) is 17.1 Å². The van der Waals surface area contributed by atoms with Gasteiger partial charge in [0.05, 0.1) is 10.0 Å². The van der Waals surface area contributed by atoms with Crippen molar-refractivity contribution in [3.63, 3.8) is 0 Å². The predicted molar refractivity (Wildman–Crippen MR) is 214 cm³/mol. The number of anilines is 3. The Bertz CT molecular complexity index is 2440. The average molecular weight is 855 g/mol. The van der Waals surface area contributed by atoms with Gasteiger partial charge in [-0.15, -0.1) is 0 Å². The van der Waals surface area contributed by atoms with Crippen molar-refractivity contribution in [1.29, 1.82) is 0 Å². The van der Waals surface area contributed by atoms with Gasteiger partial charge in [-0.05, 0) is 109 Å². The number of hydrogen-bond donors (Lipinski definition) is 4. The predicted octanol–water partition coefficient (Wildman–Crippen LogP) is 8.21. The number of halogens is 3. The number of primary sulfonamides is 2. The molecule has 0 bridgehead atoms. The maximum Gasteiger partial charge on any atom is 0.239 e. The number of ketones is 2. The summed E-state index contributed by atoms with van der Waals surface area (Å²) < 4.78 is 46.7. The van der Waals surface area contributed by atoms with E-state index in [1.807, 2.05) is 60.7 Å². The first kappa shape index (κ1) is 40.9. The van der Waals surface area contributed by atoms with Gasteiger partial charge in [-0.25, -0.2) is 27.1 Å². The Morgan fingerprint density at radius 3 is 1.25 bits per heavy atom. The van der Waals surface area contributed by atoms with Crippen molar-refractivity contribution in [1.82, 2.24) is 0 Å². The summed E-state index contributed by atoms with van der Waals surface area (Å²) in [4.78, 5) is 24.3. The fraction of sp³-hybridized carbons (Fsp3) is 0. The third-order valence-corrected chi connectivity index (χ3v) is 10.4. The molecule has 10 nitrogen and oxygen atoms in total. The molecule has 0 aromatic heterocycles. The molecule has 6 aromatic rings. The summed E-state index contributed by atoms with van der Waals surface area (Å²) in [6.07, 6.45) is 0. The molecule has 0 aliphatic heterocycles. The number of nitrogens with one attached hydrogen (secondary N) is 1. The van der Waals surface area contributed by atoms with Gasteiger partial charge in [0.2, 0.25) is 20.0 Å². The van der Waals surface area contributed by atoms with Gasteiger partial charge in [0, 0.05) is 43.8 Å². The van der Waals surface area contributed by atoms with Crippen molar-refractivity contribution >= 4 is 87.8 Å². The van der Waals surface area contributed by atoms with E-state index in [0.717, 1.165) is 21.5 Å². The van der Waals surface area contributed by atoms with Crippen molar-refractivity contribution in [2.75, 3.05) is 11.1 Å². The van der Waals surface area contributed by atoms with Crippen LogP contribution in [0.5, 0.6) is 0 Å².